The molecule has 0 spiro atoms. The van der Waals surface area contributed by atoms with Crippen molar-refractivity contribution in [1.29, 1.82) is 5.26 Å². The minimum absolute atomic E-state index is 0.0286. The molecule has 0 saturated carbocycles. The van der Waals surface area contributed by atoms with Crippen molar-refractivity contribution in [1.82, 2.24) is 5.32 Å². The van der Waals surface area contributed by atoms with Crippen LogP contribution < -0.4 is 14.9 Å². The van der Waals surface area contributed by atoms with Crippen LogP contribution in [0.25, 0.3) is 11.1 Å². The van der Waals surface area contributed by atoms with Crippen molar-refractivity contribution in [2.24, 2.45) is 5.92 Å². The number of nitrogens with zero attached hydrogens (tertiary/aromatic N) is 2. The first-order valence-electron chi connectivity index (χ1n) is 9.47. The molecule has 0 aromatic heterocycles. The van der Waals surface area contributed by atoms with Gasteiger partial charge in [0.15, 0.2) is 0 Å². The van der Waals surface area contributed by atoms with Crippen LogP contribution in [0.2, 0.25) is 5.02 Å². The Kier molecular flexibility index (Phi) is 6.54. The first-order valence-corrected chi connectivity index (χ1v) is 11.7. The second-order valence-corrected chi connectivity index (χ2v) is 9.66. The SMILES string of the molecule is C[C@H]1C[C@@H](C(=O)NCC#N)N(c2cc(-c3ccc(NS(C)(=O)=O)cc3)ccc2Cl)C1. The molecule has 1 saturated heterocycles. The molecule has 3 rings (SSSR count). The Morgan fingerprint density at radius 3 is 2.53 bits per heavy atom. The van der Waals surface area contributed by atoms with Gasteiger partial charge in [-0.15, -0.1) is 0 Å². The quantitative estimate of drug-likeness (QED) is 0.663. The average Bonchev–Trinajstić information content (AvgIpc) is 3.07. The van der Waals surface area contributed by atoms with Crippen molar-refractivity contribution >= 4 is 38.9 Å². The maximum absolute atomic E-state index is 12.5. The monoisotopic (exact) mass is 446 g/mol. The van der Waals surface area contributed by atoms with Crippen molar-refractivity contribution < 1.29 is 13.2 Å². The third-order valence-electron chi connectivity index (χ3n) is 4.93. The molecule has 2 N–H and O–H groups in total. The largest absolute Gasteiger partial charge is 0.358 e. The molecule has 1 aliphatic rings. The summed E-state index contributed by atoms with van der Waals surface area (Å²) in [6, 6.07) is 14.2. The fourth-order valence-electron chi connectivity index (χ4n) is 3.66. The first-order chi connectivity index (χ1) is 14.2. The van der Waals surface area contributed by atoms with Crippen molar-refractivity contribution in [2.45, 2.75) is 19.4 Å². The second kappa shape index (κ2) is 8.94. The highest BCUT2D eigenvalue weighted by Crippen LogP contribution is 2.37. The van der Waals surface area contributed by atoms with E-state index in [9.17, 15) is 13.2 Å². The number of benzene rings is 2. The van der Waals surface area contributed by atoms with E-state index in [-0.39, 0.29) is 18.5 Å². The number of carbonyl (C=O) groups is 1. The van der Waals surface area contributed by atoms with Gasteiger partial charge in [-0.1, -0.05) is 36.7 Å². The van der Waals surface area contributed by atoms with Gasteiger partial charge < -0.3 is 10.2 Å². The van der Waals surface area contributed by atoms with Crippen LogP contribution in [0.1, 0.15) is 13.3 Å². The molecule has 1 amide bonds. The van der Waals surface area contributed by atoms with Gasteiger partial charge in [0, 0.05) is 12.2 Å². The average molecular weight is 447 g/mol. The Morgan fingerprint density at radius 2 is 1.90 bits per heavy atom. The molecule has 1 aliphatic heterocycles. The lowest BCUT2D eigenvalue weighted by molar-refractivity contribution is -0.122. The second-order valence-electron chi connectivity index (χ2n) is 7.50. The third kappa shape index (κ3) is 5.23. The Morgan fingerprint density at radius 1 is 1.23 bits per heavy atom. The van der Waals surface area contributed by atoms with E-state index >= 15 is 0 Å². The number of nitriles is 1. The molecule has 1 heterocycles. The van der Waals surface area contributed by atoms with Crippen LogP contribution in [0.5, 0.6) is 0 Å². The lowest BCUT2D eigenvalue weighted by atomic mass is 10.0. The van der Waals surface area contributed by atoms with Crippen LogP contribution in [0.4, 0.5) is 11.4 Å². The summed E-state index contributed by atoms with van der Waals surface area (Å²) in [5.41, 5.74) is 3.03. The number of hydrogen-bond donors (Lipinski definition) is 2. The highest BCUT2D eigenvalue weighted by molar-refractivity contribution is 7.92. The number of rotatable bonds is 6. The molecule has 2 atom stereocenters. The van der Waals surface area contributed by atoms with Crippen LogP contribution in [-0.2, 0) is 14.8 Å². The number of nitrogens with one attached hydrogen (secondary N) is 2. The number of carbonyl (C=O) groups excluding carboxylic acids is 1. The van der Waals surface area contributed by atoms with E-state index in [0.717, 1.165) is 23.1 Å². The Labute approximate surface area is 181 Å². The van der Waals surface area contributed by atoms with E-state index in [0.29, 0.717) is 29.6 Å². The number of halogens is 1. The van der Waals surface area contributed by atoms with Crippen LogP contribution >= 0.6 is 11.6 Å². The molecule has 0 aliphatic carbocycles. The molecule has 7 nitrogen and oxygen atoms in total. The number of amides is 1. The molecule has 30 heavy (non-hydrogen) atoms. The fourth-order valence-corrected chi connectivity index (χ4v) is 4.45. The van der Waals surface area contributed by atoms with Crippen molar-refractivity contribution in [3.63, 3.8) is 0 Å². The first kappa shape index (κ1) is 21.9. The van der Waals surface area contributed by atoms with Gasteiger partial charge in [-0.25, -0.2) is 8.42 Å². The van der Waals surface area contributed by atoms with E-state index in [4.69, 9.17) is 16.9 Å². The van der Waals surface area contributed by atoms with Gasteiger partial charge in [0.05, 0.1) is 23.0 Å². The molecule has 9 heteroatoms. The molecule has 0 radical (unpaired) electrons. The Bertz CT molecular complexity index is 1080. The Balaban J connectivity index is 1.89. The summed E-state index contributed by atoms with van der Waals surface area (Å²) in [6.45, 7) is 2.74. The van der Waals surface area contributed by atoms with Gasteiger partial charge in [0.2, 0.25) is 15.9 Å². The van der Waals surface area contributed by atoms with Crippen LogP contribution in [-0.4, -0.2) is 39.7 Å². The van der Waals surface area contributed by atoms with Crippen LogP contribution in [0, 0.1) is 17.2 Å². The van der Waals surface area contributed by atoms with Gasteiger partial charge in [0.25, 0.3) is 0 Å². The van der Waals surface area contributed by atoms with Crippen LogP contribution in [0.3, 0.4) is 0 Å². The van der Waals surface area contributed by atoms with Crippen molar-refractivity contribution in [3.05, 3.63) is 47.5 Å². The van der Waals surface area contributed by atoms with Gasteiger partial charge in [0.1, 0.15) is 12.6 Å². The van der Waals surface area contributed by atoms with Crippen molar-refractivity contribution in [3.8, 4) is 17.2 Å². The molecule has 158 valence electrons. The summed E-state index contributed by atoms with van der Waals surface area (Å²) in [5.74, 6) is 0.127. The fraction of sp³-hybridized carbons (Fsp3) is 0.333. The van der Waals surface area contributed by atoms with Crippen molar-refractivity contribution in [2.75, 3.05) is 29.0 Å². The predicted molar refractivity (Wildman–Crippen MR) is 119 cm³/mol. The maximum atomic E-state index is 12.5. The van der Waals surface area contributed by atoms with Gasteiger partial charge in [-0.2, -0.15) is 5.26 Å². The molecule has 0 bridgehead atoms. The smallest absolute Gasteiger partial charge is 0.243 e. The minimum atomic E-state index is -3.34. The highest BCUT2D eigenvalue weighted by Gasteiger charge is 2.35. The summed E-state index contributed by atoms with van der Waals surface area (Å²) in [5, 5.41) is 11.9. The van der Waals surface area contributed by atoms with Crippen LogP contribution in [0.15, 0.2) is 42.5 Å². The van der Waals surface area contributed by atoms with E-state index in [2.05, 4.69) is 17.0 Å². The zero-order valence-electron chi connectivity index (χ0n) is 16.7. The summed E-state index contributed by atoms with van der Waals surface area (Å²) in [4.78, 5) is 14.5. The Hall–Kier alpha value is -2.76. The summed E-state index contributed by atoms with van der Waals surface area (Å²) >= 11 is 6.48. The van der Waals surface area contributed by atoms with E-state index in [1.54, 1.807) is 18.2 Å². The lowest BCUT2D eigenvalue weighted by Crippen LogP contribution is -2.43. The maximum Gasteiger partial charge on any atom is 0.243 e. The molecule has 1 fully saturated rings. The summed E-state index contributed by atoms with van der Waals surface area (Å²) < 4.78 is 25.2. The molecule has 0 unspecified atom stereocenters. The molecular formula is C21H23ClN4O3S. The third-order valence-corrected chi connectivity index (χ3v) is 5.86. The molecular weight excluding hydrogens is 424 g/mol. The minimum Gasteiger partial charge on any atom is -0.358 e. The lowest BCUT2D eigenvalue weighted by Gasteiger charge is -2.27. The van der Waals surface area contributed by atoms with Gasteiger partial charge >= 0.3 is 0 Å². The molecule has 2 aromatic rings. The van der Waals surface area contributed by atoms with E-state index in [1.165, 1.54) is 0 Å². The summed E-state index contributed by atoms with van der Waals surface area (Å²) in [7, 11) is -3.34. The topological polar surface area (TPSA) is 102 Å². The zero-order chi connectivity index (χ0) is 21.9. The predicted octanol–water partition coefficient (Wildman–Crippen LogP) is 3.23. The normalized spacial score (nSPS) is 18.7. The number of anilines is 2. The molecule has 2 aromatic carbocycles. The highest BCUT2D eigenvalue weighted by atomic mass is 35.5. The van der Waals surface area contributed by atoms with Gasteiger partial charge in [-0.3, -0.25) is 9.52 Å². The van der Waals surface area contributed by atoms with Gasteiger partial charge in [-0.05, 0) is 47.7 Å². The number of sulfonamides is 1. The summed E-state index contributed by atoms with van der Waals surface area (Å²) in [6.07, 6.45) is 1.79. The zero-order valence-corrected chi connectivity index (χ0v) is 18.3. The van der Waals surface area contributed by atoms with E-state index < -0.39 is 10.0 Å². The van der Waals surface area contributed by atoms with E-state index in [1.807, 2.05) is 35.2 Å². The number of hydrogen-bond acceptors (Lipinski definition) is 5. The standard InChI is InChI=1S/C21H23ClN4O3S/c1-14-11-20(21(27)24-10-9-23)26(13-14)19-12-16(5-8-18(19)22)15-3-6-17(7-4-15)25-30(2,28)29/h3-8,12,14,20,25H,10-11,13H2,1-2H3,(H,24,27)/t14-,20-/m0/s1.